The molecule has 0 atom stereocenters. The Morgan fingerprint density at radius 2 is 1.30 bits per heavy atom. The Labute approximate surface area is 439 Å². The molecular formula is C64H72N3OPt-. The van der Waals surface area contributed by atoms with Crippen LogP contribution in [0.25, 0.3) is 72.7 Å². The molecule has 8 aromatic rings. The van der Waals surface area contributed by atoms with Gasteiger partial charge in [-0.1, -0.05) is 194 Å². The van der Waals surface area contributed by atoms with Crippen LogP contribution in [0.4, 0.5) is 0 Å². The van der Waals surface area contributed by atoms with Crippen LogP contribution in [0.15, 0.2) is 127 Å². The summed E-state index contributed by atoms with van der Waals surface area (Å²) >= 11 is 0. The molecule has 2 aromatic heterocycles. The Balaban J connectivity index is 0.00000861. The van der Waals surface area contributed by atoms with E-state index in [0.29, 0.717) is 50.4 Å². The van der Waals surface area contributed by atoms with E-state index in [1.807, 2.05) is 84.0 Å². The normalized spacial score (nSPS) is 14.7. The van der Waals surface area contributed by atoms with Crippen LogP contribution < -0.4 is 0 Å². The first-order chi connectivity index (χ1) is 34.9. The van der Waals surface area contributed by atoms with E-state index in [1.54, 1.807) is 39.1 Å². The second-order valence-corrected chi connectivity index (χ2v) is 23.4. The summed E-state index contributed by atoms with van der Waals surface area (Å²) in [7, 11) is 0. The molecule has 0 aliphatic rings. The predicted octanol–water partition coefficient (Wildman–Crippen LogP) is 17.3. The van der Waals surface area contributed by atoms with Gasteiger partial charge in [0.2, 0.25) is 0 Å². The van der Waals surface area contributed by atoms with Crippen LogP contribution in [0.5, 0.6) is 5.75 Å². The molecule has 360 valence electrons. The minimum atomic E-state index is -2.66. The fraction of sp³-hybridized carbons (Fsp3) is 0.344. The third-order valence-corrected chi connectivity index (χ3v) is 12.4. The second kappa shape index (κ2) is 18.6. The van der Waals surface area contributed by atoms with E-state index >= 15 is 0 Å². The fourth-order valence-electron chi connectivity index (χ4n) is 8.64. The molecule has 0 aliphatic heterocycles. The van der Waals surface area contributed by atoms with Gasteiger partial charge in [-0.3, -0.25) is 9.55 Å². The Morgan fingerprint density at radius 1 is 0.623 bits per heavy atom. The summed E-state index contributed by atoms with van der Waals surface area (Å²) in [6.45, 7) is 27.4. The second-order valence-electron chi connectivity index (χ2n) is 23.4. The average molecular weight is 1100 g/mol. The number of hydrogen-bond acceptors (Lipinski definition) is 3. The predicted molar refractivity (Wildman–Crippen MR) is 289 cm³/mol. The number of aromatic nitrogens is 3. The topological polar surface area (TPSA) is 50.9 Å². The van der Waals surface area contributed by atoms with Gasteiger partial charge in [0, 0.05) is 50.9 Å². The Hall–Kier alpha value is -5.57. The zero-order valence-corrected chi connectivity index (χ0v) is 45.3. The van der Waals surface area contributed by atoms with E-state index in [1.165, 1.54) is 12.1 Å². The number of imidazole rings is 1. The first kappa shape index (κ1) is 41.2. The maximum atomic E-state index is 12.7. The average Bonchev–Trinajstić information content (AvgIpc) is 3.70. The van der Waals surface area contributed by atoms with Crippen molar-refractivity contribution in [1.82, 2.24) is 14.5 Å². The standard InChI is InChI=1S/C64H72N3O.Pt/c1-40-31-41(39-60(2,3)4)25-27-49(40)43-29-30-65-54(35-43)45-32-44(33-47(34-45)62(8,9)10)50-23-20-24-56-57(50)66-59(52-37-48(63(11,12)13)38-53(58(52)68)64(14,15)16)67(56)55-28-26-46(61(5,6)7)36-51(55)42-21-18-17-19-22-42;/h17-31,33-38,68H,39H2,1-16H3;/q-1;/i1D3,27D,37D,38D,39D2;. The van der Waals surface area contributed by atoms with E-state index in [9.17, 15) is 9.22 Å². The van der Waals surface area contributed by atoms with Gasteiger partial charge < -0.3 is 5.11 Å². The molecule has 0 saturated carbocycles. The van der Waals surface area contributed by atoms with Gasteiger partial charge in [-0.2, -0.15) is 0 Å². The number of pyridine rings is 1. The number of para-hydroxylation sites is 1. The van der Waals surface area contributed by atoms with Gasteiger partial charge in [0.25, 0.3) is 0 Å². The number of phenolic OH excluding ortho intramolecular Hbond substituents is 1. The first-order valence-corrected chi connectivity index (χ1v) is 23.7. The van der Waals surface area contributed by atoms with Gasteiger partial charge in [0.15, 0.2) is 0 Å². The molecule has 5 heteroatoms. The first-order valence-electron chi connectivity index (χ1n) is 27.7. The molecule has 2 heterocycles. The molecule has 0 spiro atoms. The maximum Gasteiger partial charge on any atom is 0.148 e. The summed E-state index contributed by atoms with van der Waals surface area (Å²) in [6, 6.07) is 36.8. The minimum Gasteiger partial charge on any atom is -0.507 e. The number of rotatable bonds is 7. The molecule has 0 saturated heterocycles. The molecular weight excluding hydrogens is 1020 g/mol. The van der Waals surface area contributed by atoms with Crippen molar-refractivity contribution in [3.63, 3.8) is 0 Å². The van der Waals surface area contributed by atoms with E-state index < -0.39 is 29.5 Å². The number of nitrogens with zero attached hydrogens (tertiary/aromatic N) is 3. The molecule has 6 aromatic carbocycles. The third-order valence-electron chi connectivity index (χ3n) is 12.4. The fourth-order valence-corrected chi connectivity index (χ4v) is 8.64. The SMILES string of the molecule is [2H]c1cc(C([2H])([2H])C(C)(C)C)cc(C([2H])([2H])[2H])c1-c1ccnc(-c2[c-]c(-c3cccc4c3nc(-c3c([2H])c(C(C)(C)C)c([2H])c(C(C)(C)C)c3O)n4-c3ccc(C(C)(C)C)cc3-c3ccccc3)cc(C(C)(C)C)c2)c1.[Pt]. The van der Waals surface area contributed by atoms with Crippen molar-refractivity contribution in [2.24, 2.45) is 5.41 Å². The van der Waals surface area contributed by atoms with E-state index in [-0.39, 0.29) is 78.0 Å². The summed E-state index contributed by atoms with van der Waals surface area (Å²) in [5.41, 5.74) is 7.68. The van der Waals surface area contributed by atoms with Crippen molar-refractivity contribution in [3.05, 3.63) is 167 Å². The van der Waals surface area contributed by atoms with E-state index in [4.69, 9.17) is 16.8 Å². The van der Waals surface area contributed by atoms with Gasteiger partial charge in [0.1, 0.15) is 11.6 Å². The molecule has 8 rings (SSSR count). The number of hydrogen-bond donors (Lipinski definition) is 1. The zero-order chi connectivity index (χ0) is 56.2. The van der Waals surface area contributed by atoms with Gasteiger partial charge in [-0.15, -0.1) is 29.3 Å². The maximum absolute atomic E-state index is 12.7. The quantitative estimate of drug-likeness (QED) is 0.162. The van der Waals surface area contributed by atoms with Crippen LogP contribution in [0, 0.1) is 18.3 Å². The van der Waals surface area contributed by atoms with E-state index in [2.05, 4.69) is 88.6 Å². The van der Waals surface area contributed by atoms with Crippen molar-refractivity contribution in [2.45, 2.75) is 139 Å². The molecule has 0 amide bonds. The monoisotopic (exact) mass is 1100 g/mol. The van der Waals surface area contributed by atoms with Crippen LogP contribution in [0.3, 0.4) is 0 Å². The zero-order valence-electron chi connectivity index (χ0n) is 51.0. The number of aromatic hydroxyl groups is 1. The van der Waals surface area contributed by atoms with Gasteiger partial charge in [0.05, 0.1) is 26.4 Å². The Kier molecular flexibility index (Phi) is 11.1. The molecule has 1 N–H and O–H groups in total. The smallest absolute Gasteiger partial charge is 0.148 e. The van der Waals surface area contributed by atoms with Crippen LogP contribution >= 0.6 is 0 Å². The summed E-state index contributed by atoms with van der Waals surface area (Å²) in [6.07, 6.45) is -0.327. The van der Waals surface area contributed by atoms with Crippen molar-refractivity contribution in [2.75, 3.05) is 0 Å². The molecule has 0 bridgehead atoms. The van der Waals surface area contributed by atoms with Crippen LogP contribution in [0.2, 0.25) is 0 Å². The number of fused-ring (bicyclic) bond motifs is 1. The van der Waals surface area contributed by atoms with Gasteiger partial charge in [-0.05, 0) is 110 Å². The molecule has 69 heavy (non-hydrogen) atoms. The summed E-state index contributed by atoms with van der Waals surface area (Å²) < 4.78 is 74.6. The van der Waals surface area contributed by atoms with Crippen molar-refractivity contribution in [1.29, 1.82) is 0 Å². The number of aryl methyl sites for hydroxylation is 1. The van der Waals surface area contributed by atoms with Crippen LogP contribution in [0.1, 0.15) is 148 Å². The van der Waals surface area contributed by atoms with Gasteiger partial charge >= 0.3 is 0 Å². The van der Waals surface area contributed by atoms with Crippen molar-refractivity contribution in [3.8, 4) is 67.5 Å². The molecule has 0 unspecified atom stereocenters. The Bertz CT molecular complexity index is 3520. The van der Waals surface area contributed by atoms with Gasteiger partial charge in [-0.25, -0.2) is 4.98 Å². The summed E-state index contributed by atoms with van der Waals surface area (Å²) in [4.78, 5) is 10.4. The van der Waals surface area contributed by atoms with E-state index in [0.717, 1.165) is 33.5 Å². The van der Waals surface area contributed by atoms with Crippen molar-refractivity contribution < 1.29 is 37.1 Å². The molecule has 4 nitrogen and oxygen atoms in total. The summed E-state index contributed by atoms with van der Waals surface area (Å²) in [5.74, 6) is 0.191. The minimum absolute atomic E-state index is 0. The Morgan fingerprint density at radius 3 is 1.94 bits per heavy atom. The third kappa shape index (κ3) is 10.8. The van der Waals surface area contributed by atoms with Crippen LogP contribution in [-0.4, -0.2) is 19.6 Å². The largest absolute Gasteiger partial charge is 0.507 e. The molecule has 0 aliphatic carbocycles. The number of benzene rings is 6. The van der Waals surface area contributed by atoms with Crippen LogP contribution in [-0.2, 0) is 49.1 Å². The number of phenols is 1. The molecule has 0 radical (unpaired) electrons. The summed E-state index contributed by atoms with van der Waals surface area (Å²) in [5, 5.41) is 12.7. The molecule has 0 fully saturated rings. The van der Waals surface area contributed by atoms with Crippen molar-refractivity contribution >= 4 is 11.0 Å².